The molecule has 3 aromatic rings. The van der Waals surface area contributed by atoms with E-state index in [1.54, 1.807) is 24.4 Å². The summed E-state index contributed by atoms with van der Waals surface area (Å²) >= 11 is 0. The normalized spacial score (nSPS) is 11.6. The molecule has 5 heteroatoms. The van der Waals surface area contributed by atoms with E-state index in [4.69, 9.17) is 0 Å². The van der Waals surface area contributed by atoms with E-state index in [1.807, 2.05) is 43.3 Å². The molecule has 25 heavy (non-hydrogen) atoms. The molecule has 1 heterocycles. The van der Waals surface area contributed by atoms with Crippen LogP contribution in [0.3, 0.4) is 0 Å². The zero-order valence-electron chi connectivity index (χ0n) is 13.6. The summed E-state index contributed by atoms with van der Waals surface area (Å²) in [6.07, 6.45) is 1.59. The van der Waals surface area contributed by atoms with Gasteiger partial charge in [0.15, 0.2) is 0 Å². The molecule has 2 aromatic carbocycles. The number of hydrogen-bond acceptors (Lipinski definition) is 2. The first-order valence-electron chi connectivity index (χ1n) is 7.83. The van der Waals surface area contributed by atoms with E-state index >= 15 is 0 Å². The van der Waals surface area contributed by atoms with Gasteiger partial charge in [0.05, 0.1) is 11.6 Å². The summed E-state index contributed by atoms with van der Waals surface area (Å²) in [6, 6.07) is 18.8. The number of amides is 1. The van der Waals surface area contributed by atoms with Gasteiger partial charge in [0.2, 0.25) is 0 Å². The van der Waals surface area contributed by atoms with Crippen molar-refractivity contribution < 1.29 is 9.18 Å². The Morgan fingerprint density at radius 2 is 1.92 bits per heavy atom. The van der Waals surface area contributed by atoms with Gasteiger partial charge >= 0.3 is 0 Å². The lowest BCUT2D eigenvalue weighted by Gasteiger charge is -2.16. The molecule has 0 saturated heterocycles. The lowest BCUT2D eigenvalue weighted by atomic mass is 10.1. The molecule has 1 N–H and O–H groups in total. The number of aromatic nitrogens is 1. The molecule has 3 rings (SSSR count). The topological polar surface area (TPSA) is 57.8 Å². The SMILES string of the molecule is C[C@@H](NC(=O)c1c(C#N)ccn1-c1cccc(F)c1)c1ccccc1. The predicted molar refractivity (Wildman–Crippen MR) is 92.8 cm³/mol. The van der Waals surface area contributed by atoms with Crippen molar-refractivity contribution in [1.29, 1.82) is 5.26 Å². The van der Waals surface area contributed by atoms with Crippen molar-refractivity contribution in [1.82, 2.24) is 9.88 Å². The number of nitriles is 1. The summed E-state index contributed by atoms with van der Waals surface area (Å²) in [7, 11) is 0. The van der Waals surface area contributed by atoms with E-state index in [0.29, 0.717) is 5.69 Å². The Labute approximate surface area is 145 Å². The number of hydrogen-bond donors (Lipinski definition) is 1. The fourth-order valence-corrected chi connectivity index (χ4v) is 2.69. The summed E-state index contributed by atoms with van der Waals surface area (Å²) in [6.45, 7) is 1.87. The van der Waals surface area contributed by atoms with E-state index < -0.39 is 5.82 Å². The first kappa shape index (κ1) is 16.5. The van der Waals surface area contributed by atoms with Gasteiger partial charge in [-0.1, -0.05) is 36.4 Å². The van der Waals surface area contributed by atoms with Crippen LogP contribution in [0.15, 0.2) is 66.9 Å². The smallest absolute Gasteiger partial charge is 0.270 e. The molecular formula is C20H16FN3O. The Kier molecular flexibility index (Phi) is 4.62. The van der Waals surface area contributed by atoms with Gasteiger partial charge in [-0.05, 0) is 36.8 Å². The van der Waals surface area contributed by atoms with Gasteiger partial charge in [-0.15, -0.1) is 0 Å². The third-order valence-corrected chi connectivity index (χ3v) is 3.96. The maximum Gasteiger partial charge on any atom is 0.270 e. The van der Waals surface area contributed by atoms with Crippen LogP contribution in [-0.2, 0) is 0 Å². The lowest BCUT2D eigenvalue weighted by molar-refractivity contribution is 0.0932. The van der Waals surface area contributed by atoms with Crippen LogP contribution in [0.2, 0.25) is 0 Å². The molecule has 0 aliphatic rings. The minimum atomic E-state index is -0.409. The third-order valence-electron chi connectivity index (χ3n) is 3.96. The fraction of sp³-hybridized carbons (Fsp3) is 0.100. The summed E-state index contributed by atoms with van der Waals surface area (Å²) in [5.74, 6) is -0.795. The Hall–Kier alpha value is -3.39. The Balaban J connectivity index is 1.95. The van der Waals surface area contributed by atoms with Gasteiger partial charge in [0.25, 0.3) is 5.91 Å². The number of halogens is 1. The molecule has 1 aromatic heterocycles. The van der Waals surface area contributed by atoms with Crippen molar-refractivity contribution in [2.24, 2.45) is 0 Å². The number of benzene rings is 2. The van der Waals surface area contributed by atoms with Crippen molar-refractivity contribution in [3.63, 3.8) is 0 Å². The maximum atomic E-state index is 13.5. The minimum Gasteiger partial charge on any atom is -0.344 e. The van der Waals surface area contributed by atoms with Gasteiger partial charge in [-0.3, -0.25) is 4.79 Å². The van der Waals surface area contributed by atoms with Crippen LogP contribution in [0.25, 0.3) is 5.69 Å². The highest BCUT2D eigenvalue weighted by Gasteiger charge is 2.20. The first-order valence-corrected chi connectivity index (χ1v) is 7.83. The highest BCUT2D eigenvalue weighted by molar-refractivity contribution is 5.96. The number of carbonyl (C=O) groups is 1. The van der Waals surface area contributed by atoms with Crippen molar-refractivity contribution in [3.05, 3.63) is 89.5 Å². The molecule has 0 radical (unpaired) electrons. The van der Waals surface area contributed by atoms with Crippen LogP contribution < -0.4 is 5.32 Å². The second-order valence-corrected chi connectivity index (χ2v) is 5.65. The molecule has 0 fully saturated rings. The van der Waals surface area contributed by atoms with Crippen LogP contribution in [0.1, 0.15) is 34.6 Å². The number of nitrogens with one attached hydrogen (secondary N) is 1. The molecule has 1 amide bonds. The largest absolute Gasteiger partial charge is 0.344 e. The monoisotopic (exact) mass is 333 g/mol. The second-order valence-electron chi connectivity index (χ2n) is 5.65. The second kappa shape index (κ2) is 7.02. The molecule has 0 unspecified atom stereocenters. The molecular weight excluding hydrogens is 317 g/mol. The molecule has 0 aliphatic carbocycles. The first-order chi connectivity index (χ1) is 12.1. The summed E-state index contributed by atoms with van der Waals surface area (Å²) in [5, 5.41) is 12.2. The zero-order chi connectivity index (χ0) is 17.8. The van der Waals surface area contributed by atoms with Crippen LogP contribution in [0.5, 0.6) is 0 Å². The van der Waals surface area contributed by atoms with Gasteiger partial charge in [-0.2, -0.15) is 5.26 Å². The zero-order valence-corrected chi connectivity index (χ0v) is 13.6. The highest BCUT2D eigenvalue weighted by atomic mass is 19.1. The average Bonchev–Trinajstić information content (AvgIpc) is 3.06. The fourth-order valence-electron chi connectivity index (χ4n) is 2.69. The Morgan fingerprint density at radius 1 is 1.16 bits per heavy atom. The number of carbonyl (C=O) groups excluding carboxylic acids is 1. The van der Waals surface area contributed by atoms with Crippen LogP contribution in [0.4, 0.5) is 4.39 Å². The van der Waals surface area contributed by atoms with Crippen LogP contribution in [0, 0.1) is 17.1 Å². The predicted octanol–water partition coefficient (Wildman–Crippen LogP) is 3.98. The van der Waals surface area contributed by atoms with Gasteiger partial charge in [0, 0.05) is 11.9 Å². The van der Waals surface area contributed by atoms with Crippen LogP contribution >= 0.6 is 0 Å². The van der Waals surface area contributed by atoms with Crippen molar-refractivity contribution >= 4 is 5.91 Å². The van der Waals surface area contributed by atoms with Crippen molar-refractivity contribution in [3.8, 4) is 11.8 Å². The molecule has 124 valence electrons. The van der Waals surface area contributed by atoms with Crippen molar-refractivity contribution in [2.75, 3.05) is 0 Å². The summed E-state index contributed by atoms with van der Waals surface area (Å²) < 4.78 is 15.0. The van der Waals surface area contributed by atoms with E-state index in [9.17, 15) is 14.4 Å². The quantitative estimate of drug-likeness (QED) is 0.785. The standard InChI is InChI=1S/C20H16FN3O/c1-14(15-6-3-2-4-7-15)23-20(25)19-16(13-22)10-11-24(19)18-9-5-8-17(21)12-18/h2-12,14H,1H3,(H,23,25)/t14-/m1/s1. The number of nitrogens with zero attached hydrogens (tertiary/aromatic N) is 2. The van der Waals surface area contributed by atoms with E-state index in [1.165, 1.54) is 16.7 Å². The third kappa shape index (κ3) is 3.43. The van der Waals surface area contributed by atoms with Crippen molar-refractivity contribution in [2.45, 2.75) is 13.0 Å². The molecule has 1 atom stereocenters. The average molecular weight is 333 g/mol. The Morgan fingerprint density at radius 3 is 2.60 bits per heavy atom. The summed E-state index contributed by atoms with van der Waals surface area (Å²) in [4.78, 5) is 12.8. The molecule has 4 nitrogen and oxygen atoms in total. The molecule has 0 saturated carbocycles. The molecule has 0 bridgehead atoms. The van der Waals surface area contributed by atoms with E-state index in [-0.39, 0.29) is 23.2 Å². The molecule has 0 aliphatic heterocycles. The van der Waals surface area contributed by atoms with Gasteiger partial charge < -0.3 is 9.88 Å². The van der Waals surface area contributed by atoms with Gasteiger partial charge in [0.1, 0.15) is 17.6 Å². The minimum absolute atomic E-state index is 0.191. The highest BCUT2D eigenvalue weighted by Crippen LogP contribution is 2.19. The van der Waals surface area contributed by atoms with Crippen LogP contribution in [-0.4, -0.2) is 10.5 Å². The summed E-state index contributed by atoms with van der Waals surface area (Å²) in [5.41, 5.74) is 1.87. The molecule has 0 spiro atoms. The maximum absolute atomic E-state index is 13.5. The van der Waals surface area contributed by atoms with Gasteiger partial charge in [-0.25, -0.2) is 4.39 Å². The Bertz CT molecular complexity index is 941. The van der Waals surface area contributed by atoms with E-state index in [2.05, 4.69) is 5.32 Å². The lowest BCUT2D eigenvalue weighted by Crippen LogP contribution is -2.29. The number of rotatable bonds is 4. The van der Waals surface area contributed by atoms with E-state index in [0.717, 1.165) is 5.56 Å².